The lowest BCUT2D eigenvalue weighted by Crippen LogP contribution is -2.60. The molecule has 80 heavy (non-hydrogen) atoms. The van der Waals surface area contributed by atoms with E-state index >= 15 is 0 Å². The second kappa shape index (κ2) is 38.2. The number of aliphatic hydroxyl groups excluding tert-OH is 9. The lowest BCUT2D eigenvalue weighted by Gasteiger charge is -2.40. The molecule has 15 atom stereocenters. The van der Waals surface area contributed by atoms with Crippen molar-refractivity contribution in [2.75, 3.05) is 98.9 Å². The van der Waals surface area contributed by atoms with Gasteiger partial charge in [0.1, 0.15) is 54.9 Å². The molecule has 3 rings (SSSR count). The number of amides is 5. The zero-order valence-corrected chi connectivity index (χ0v) is 44.4. The Morgan fingerprint density at radius 3 is 1.14 bits per heavy atom. The van der Waals surface area contributed by atoms with Crippen LogP contribution in [0.2, 0.25) is 0 Å². The highest BCUT2D eigenvalue weighted by atomic mass is 16.7. The lowest BCUT2D eigenvalue weighted by atomic mass is 9.83. The maximum atomic E-state index is 13.2. The first-order chi connectivity index (χ1) is 38.4. The predicted octanol–water partition coefficient (Wildman–Crippen LogP) is -7.71. The largest absolute Gasteiger partial charge is 0.459 e. The van der Waals surface area contributed by atoms with Gasteiger partial charge in [0.2, 0.25) is 23.6 Å². The molecule has 462 valence electrons. The van der Waals surface area contributed by atoms with Crippen LogP contribution in [0.25, 0.3) is 0 Å². The summed E-state index contributed by atoms with van der Waals surface area (Å²) in [5.74, 6) is -1.76. The van der Waals surface area contributed by atoms with Crippen LogP contribution in [0.4, 0.5) is 4.79 Å². The van der Waals surface area contributed by atoms with Crippen LogP contribution in [0.1, 0.15) is 58.3 Å². The third-order valence-corrected chi connectivity index (χ3v) is 12.8. The number of nitrogens with two attached hydrogens (primary N) is 1. The molecule has 0 unspecified atom stereocenters. The van der Waals surface area contributed by atoms with Crippen molar-refractivity contribution in [1.29, 1.82) is 0 Å². The SMILES string of the molecule is CCCC(=O)NC(CCC(=O)NCCOCCO[C@H]1O[C@H](CO)[C@@H](O)[C@H](OC=O)[C@@H]1O)(CCC(=O)NCCOCCO[C@H]1O[C@H](CO)[C@@H](O)[C@H](OC=O)[C@@H]1O)CCC(=O)NCCOCCO[C@H]1O[C@H](CO)[C@@H](O)[C@H](OC(N)=O)[C@@H]1O. The van der Waals surface area contributed by atoms with E-state index in [0.717, 1.165) is 0 Å². The summed E-state index contributed by atoms with van der Waals surface area (Å²) in [6.07, 6.45) is -22.9. The van der Waals surface area contributed by atoms with E-state index in [1.165, 1.54) is 0 Å². The zero-order valence-electron chi connectivity index (χ0n) is 44.4. The second-order valence-corrected chi connectivity index (χ2v) is 18.5. The van der Waals surface area contributed by atoms with Gasteiger partial charge in [-0.1, -0.05) is 6.92 Å². The fraction of sp³-hybridized carbons (Fsp3) is 0.851. The van der Waals surface area contributed by atoms with Gasteiger partial charge in [0.05, 0.1) is 79.3 Å². The summed E-state index contributed by atoms with van der Waals surface area (Å²) in [6.45, 7) is -0.743. The van der Waals surface area contributed by atoms with Crippen molar-refractivity contribution < 1.29 is 136 Å². The number of nitrogens with one attached hydrogen (secondary N) is 4. The Labute approximate surface area is 460 Å². The van der Waals surface area contributed by atoms with Crippen LogP contribution in [-0.4, -0.2) is 285 Å². The molecule has 0 aromatic heterocycles. The molecule has 0 radical (unpaired) electrons. The topological polar surface area (TPSA) is 486 Å². The van der Waals surface area contributed by atoms with Gasteiger partial charge in [-0.2, -0.15) is 0 Å². The molecule has 33 nitrogen and oxygen atoms in total. The molecule has 0 spiro atoms. The first-order valence-electron chi connectivity index (χ1n) is 26.1. The minimum absolute atomic E-state index is 0.000942. The van der Waals surface area contributed by atoms with Crippen LogP contribution in [0.15, 0.2) is 0 Å². The summed E-state index contributed by atoms with van der Waals surface area (Å²) in [5.41, 5.74) is 3.77. The molecule has 15 N–H and O–H groups in total. The maximum Gasteiger partial charge on any atom is 0.404 e. The lowest BCUT2D eigenvalue weighted by molar-refractivity contribution is -0.303. The Hall–Kier alpha value is -4.63. The van der Waals surface area contributed by atoms with Gasteiger partial charge in [-0.25, -0.2) is 4.79 Å². The molecule has 0 aromatic carbocycles. The average molecular weight is 1160 g/mol. The monoisotopic (exact) mass is 1160 g/mol. The molecule has 0 aliphatic carbocycles. The van der Waals surface area contributed by atoms with E-state index in [4.69, 9.17) is 62.6 Å². The summed E-state index contributed by atoms with van der Waals surface area (Å²) in [5, 5.41) is 102. The molecule has 3 fully saturated rings. The van der Waals surface area contributed by atoms with E-state index in [1.54, 1.807) is 6.92 Å². The standard InChI is InChI=1S/C47H81N5O28/c1-2-3-33(61)52-47(7-4-30(58)49-10-13-69-16-19-72-43-37(65)40(75-25-56)34(62)27(22-53)77-43,8-5-31(59)50-11-14-70-17-20-73-44-38(66)41(76-26-57)35(63)28(23-54)78-44)9-6-32(60)51-12-15-71-18-21-74-45-39(67)42(80-46(48)68)36(64)29(24-55)79-45/h25-29,34-45,53-55,62-67H,2-24H2,1H3,(H2,48,68)(H,49,58)(H,50,59)(H,51,60)(H,52,61)/t27-,28-,29-,34-,35-,36-,37+,38+,39+,40+,41+,42+,43+,44+,45+/m1/s1. The normalized spacial score (nSPS) is 28.7. The van der Waals surface area contributed by atoms with Crippen molar-refractivity contribution in [3.05, 3.63) is 0 Å². The van der Waals surface area contributed by atoms with Crippen LogP contribution >= 0.6 is 0 Å². The number of carbonyl (C=O) groups is 7. The minimum Gasteiger partial charge on any atom is -0.459 e. The second-order valence-electron chi connectivity index (χ2n) is 18.5. The van der Waals surface area contributed by atoms with E-state index in [1.807, 2.05) is 0 Å². The first kappa shape index (κ1) is 69.6. The van der Waals surface area contributed by atoms with Gasteiger partial charge in [-0.3, -0.25) is 28.8 Å². The summed E-state index contributed by atoms with van der Waals surface area (Å²) >= 11 is 0. The molecule has 3 saturated heterocycles. The fourth-order valence-corrected chi connectivity index (χ4v) is 8.53. The molecule has 0 bridgehead atoms. The number of rotatable bonds is 41. The molecular weight excluding hydrogens is 1080 g/mol. The number of hydrogen-bond donors (Lipinski definition) is 14. The molecule has 3 aliphatic rings. The Morgan fingerprint density at radius 2 is 0.825 bits per heavy atom. The summed E-state index contributed by atoms with van der Waals surface area (Å²) in [7, 11) is 0. The van der Waals surface area contributed by atoms with Crippen molar-refractivity contribution in [3.8, 4) is 0 Å². The molecular formula is C47H81N5O28. The maximum absolute atomic E-state index is 13.2. The quantitative estimate of drug-likeness (QED) is 0.0154. The Morgan fingerprint density at radius 1 is 0.487 bits per heavy atom. The number of aliphatic hydroxyl groups is 9. The molecule has 0 saturated carbocycles. The van der Waals surface area contributed by atoms with Crippen molar-refractivity contribution in [2.24, 2.45) is 5.73 Å². The Bertz CT molecular complexity index is 1760. The summed E-state index contributed by atoms with van der Waals surface area (Å²) in [4.78, 5) is 85.9. The summed E-state index contributed by atoms with van der Waals surface area (Å²) in [6, 6.07) is 0. The average Bonchev–Trinajstić information content (AvgIpc) is 3.50. The van der Waals surface area contributed by atoms with Gasteiger partial charge in [-0.15, -0.1) is 0 Å². The first-order valence-corrected chi connectivity index (χ1v) is 26.1. The van der Waals surface area contributed by atoms with E-state index < -0.39 is 141 Å². The molecule has 3 heterocycles. The third kappa shape index (κ3) is 23.7. The van der Waals surface area contributed by atoms with Crippen LogP contribution in [-0.2, 0) is 85.6 Å². The van der Waals surface area contributed by atoms with Gasteiger partial charge in [0.25, 0.3) is 12.9 Å². The molecule has 3 aliphatic heterocycles. The fourth-order valence-electron chi connectivity index (χ4n) is 8.53. The molecule has 0 aromatic rings. The van der Waals surface area contributed by atoms with Crippen molar-refractivity contribution in [3.63, 3.8) is 0 Å². The van der Waals surface area contributed by atoms with Gasteiger partial charge in [0.15, 0.2) is 37.2 Å². The number of hydrogen-bond acceptors (Lipinski definition) is 28. The van der Waals surface area contributed by atoms with Gasteiger partial charge >= 0.3 is 6.09 Å². The molecule has 5 amide bonds. The van der Waals surface area contributed by atoms with E-state index in [-0.39, 0.29) is 143 Å². The van der Waals surface area contributed by atoms with Crippen LogP contribution in [0.3, 0.4) is 0 Å². The summed E-state index contributed by atoms with van der Waals surface area (Å²) < 4.78 is 63.2. The van der Waals surface area contributed by atoms with E-state index in [0.29, 0.717) is 6.42 Å². The van der Waals surface area contributed by atoms with Crippen LogP contribution in [0.5, 0.6) is 0 Å². The molecule has 33 heteroatoms. The van der Waals surface area contributed by atoms with Crippen molar-refractivity contribution in [1.82, 2.24) is 21.3 Å². The number of primary amides is 1. The number of carbonyl (C=O) groups excluding carboxylic acids is 7. The zero-order chi connectivity index (χ0) is 59.0. The Kier molecular flexibility index (Phi) is 33.3. The van der Waals surface area contributed by atoms with Crippen molar-refractivity contribution in [2.45, 2.75) is 156 Å². The third-order valence-electron chi connectivity index (χ3n) is 12.8. The Balaban J connectivity index is 1.54. The number of ether oxygens (including phenoxy) is 12. The highest BCUT2D eigenvalue weighted by molar-refractivity contribution is 5.80. The predicted molar refractivity (Wildman–Crippen MR) is 262 cm³/mol. The van der Waals surface area contributed by atoms with E-state index in [9.17, 15) is 79.5 Å². The van der Waals surface area contributed by atoms with Crippen molar-refractivity contribution >= 4 is 42.7 Å². The van der Waals surface area contributed by atoms with E-state index in [2.05, 4.69) is 21.3 Å². The van der Waals surface area contributed by atoms with Crippen LogP contribution < -0.4 is 27.0 Å². The highest BCUT2D eigenvalue weighted by Crippen LogP contribution is 2.29. The minimum atomic E-state index is -1.66. The van der Waals surface area contributed by atoms with Crippen LogP contribution in [0, 0.1) is 0 Å². The van der Waals surface area contributed by atoms with Gasteiger partial charge in [0, 0.05) is 50.9 Å². The smallest absolute Gasteiger partial charge is 0.404 e. The van der Waals surface area contributed by atoms with Gasteiger partial charge < -0.3 is 130 Å². The highest BCUT2D eigenvalue weighted by Gasteiger charge is 2.49. The van der Waals surface area contributed by atoms with Gasteiger partial charge in [-0.05, 0) is 25.7 Å².